The maximum atomic E-state index is 15.0. The highest BCUT2D eigenvalue weighted by molar-refractivity contribution is 9.10. The summed E-state index contributed by atoms with van der Waals surface area (Å²) in [6, 6.07) is 32.0. The lowest BCUT2D eigenvalue weighted by atomic mass is 10.2. The van der Waals surface area contributed by atoms with Gasteiger partial charge in [-0.3, -0.25) is 0 Å². The Balaban J connectivity index is 1.94. The molecule has 0 aliphatic carbocycles. The van der Waals surface area contributed by atoms with Crippen molar-refractivity contribution in [2.24, 2.45) is 0 Å². The summed E-state index contributed by atoms with van der Waals surface area (Å²) < 4.78 is 45.6. The van der Waals surface area contributed by atoms with Gasteiger partial charge in [0.1, 0.15) is 5.78 Å². The van der Waals surface area contributed by atoms with E-state index in [0.717, 1.165) is 10.0 Å². The second kappa shape index (κ2) is 9.78. The van der Waals surface area contributed by atoms with Crippen molar-refractivity contribution in [3.05, 3.63) is 125 Å². The molecule has 0 aliphatic heterocycles. The van der Waals surface area contributed by atoms with Crippen LogP contribution in [0.5, 0.6) is 0 Å². The zero-order chi connectivity index (χ0) is 23.5. The minimum atomic E-state index is -3.97. The quantitative estimate of drug-likeness (QED) is 0.304. The van der Waals surface area contributed by atoms with E-state index in [4.69, 9.17) is 0 Å². The van der Waals surface area contributed by atoms with Crippen molar-refractivity contribution < 1.29 is 13.0 Å². The molecule has 4 aromatic carbocycles. The second-order valence-corrected chi connectivity index (χ2v) is 13.2. The first-order chi connectivity index (χ1) is 15.8. The van der Waals surface area contributed by atoms with Crippen LogP contribution in [0.3, 0.4) is 0 Å². The predicted octanol–water partition coefficient (Wildman–Crippen LogP) is 5.75. The molecule has 1 N–H and O–H groups in total. The first-order valence-electron chi connectivity index (χ1n) is 10.4. The summed E-state index contributed by atoms with van der Waals surface area (Å²) in [4.78, 5) is 0.126. The Hall–Kier alpha value is -2.50. The monoisotopic (exact) mass is 539 g/mol. The molecule has 4 rings (SSSR count). The Bertz CT molecular complexity index is 1350. The second-order valence-electron chi connectivity index (χ2n) is 7.72. The van der Waals surface area contributed by atoms with Crippen molar-refractivity contribution >= 4 is 43.7 Å². The van der Waals surface area contributed by atoms with E-state index in [1.807, 2.05) is 55.5 Å². The molecule has 0 amide bonds. The lowest BCUT2D eigenvalue weighted by Gasteiger charge is -2.30. The van der Waals surface area contributed by atoms with Crippen molar-refractivity contribution in [2.45, 2.75) is 17.6 Å². The molecular formula is C26H23BrNO3PS. The lowest BCUT2D eigenvalue weighted by molar-refractivity contribution is 0.560. The summed E-state index contributed by atoms with van der Waals surface area (Å²) in [5.41, 5.74) is 1.56. The van der Waals surface area contributed by atoms with Gasteiger partial charge in [-0.05, 0) is 36.8 Å². The topological polar surface area (TPSA) is 63.2 Å². The maximum Gasteiger partial charge on any atom is 0.241 e. The Morgan fingerprint density at radius 2 is 1.30 bits per heavy atom. The largest absolute Gasteiger partial charge is 0.312 e. The van der Waals surface area contributed by atoms with Crippen molar-refractivity contribution in [1.82, 2.24) is 4.72 Å². The van der Waals surface area contributed by atoms with Gasteiger partial charge in [-0.2, -0.15) is 4.72 Å². The number of halogens is 1. The predicted molar refractivity (Wildman–Crippen MR) is 138 cm³/mol. The van der Waals surface area contributed by atoms with Crippen molar-refractivity contribution in [1.29, 1.82) is 0 Å². The third-order valence-electron chi connectivity index (χ3n) is 5.41. The van der Waals surface area contributed by atoms with Gasteiger partial charge in [-0.15, -0.1) is 0 Å². The van der Waals surface area contributed by atoms with E-state index in [9.17, 15) is 8.42 Å². The number of sulfonamides is 1. The van der Waals surface area contributed by atoms with Crippen LogP contribution in [-0.4, -0.2) is 8.42 Å². The van der Waals surface area contributed by atoms with Crippen LogP contribution >= 0.6 is 23.1 Å². The molecule has 0 heterocycles. The molecule has 1 atom stereocenters. The fourth-order valence-electron chi connectivity index (χ4n) is 3.71. The summed E-state index contributed by atoms with van der Waals surface area (Å²) in [5.74, 6) is -1.01. The number of rotatable bonds is 7. The van der Waals surface area contributed by atoms with Crippen molar-refractivity contribution in [3.8, 4) is 0 Å². The highest BCUT2D eigenvalue weighted by Gasteiger charge is 2.40. The lowest BCUT2D eigenvalue weighted by Crippen LogP contribution is -2.34. The van der Waals surface area contributed by atoms with Crippen LogP contribution in [0.2, 0.25) is 0 Å². The Morgan fingerprint density at radius 1 is 0.758 bits per heavy atom. The Kier molecular flexibility index (Phi) is 7.01. The van der Waals surface area contributed by atoms with Gasteiger partial charge in [0.05, 0.1) is 4.90 Å². The standard InChI is InChI=1S/C26H23BrNO3PS/c1-20-15-17-25(18-16-20)33(30,31)28-26(21-9-8-10-22(27)19-21)32(29,23-11-4-2-5-12-23)24-13-6-3-7-14-24/h2-19,26,28H,1H3. The van der Waals surface area contributed by atoms with E-state index >= 15 is 4.57 Å². The normalized spacial score (nSPS) is 12.9. The number of nitrogens with one attached hydrogen (secondary N) is 1. The van der Waals surface area contributed by atoms with E-state index in [0.29, 0.717) is 16.2 Å². The van der Waals surface area contributed by atoms with Crippen LogP contribution < -0.4 is 15.3 Å². The summed E-state index contributed by atoms with van der Waals surface area (Å²) in [6.07, 6.45) is 0. The molecule has 0 saturated carbocycles. The number of benzene rings is 4. The number of hydrogen-bond acceptors (Lipinski definition) is 3. The van der Waals surface area contributed by atoms with E-state index < -0.39 is 22.9 Å². The number of hydrogen-bond donors (Lipinski definition) is 1. The van der Waals surface area contributed by atoms with Gasteiger partial charge >= 0.3 is 0 Å². The summed E-state index contributed by atoms with van der Waals surface area (Å²) in [6.45, 7) is 1.90. The molecular weight excluding hydrogens is 517 g/mol. The molecule has 0 spiro atoms. The smallest absolute Gasteiger partial charge is 0.241 e. The van der Waals surface area contributed by atoms with Crippen LogP contribution in [0, 0.1) is 6.92 Å². The van der Waals surface area contributed by atoms with Crippen LogP contribution in [0.15, 0.2) is 119 Å². The molecule has 7 heteroatoms. The van der Waals surface area contributed by atoms with Crippen molar-refractivity contribution in [2.75, 3.05) is 0 Å². The molecule has 0 radical (unpaired) electrons. The van der Waals surface area contributed by atoms with E-state index in [2.05, 4.69) is 20.7 Å². The highest BCUT2D eigenvalue weighted by Crippen LogP contribution is 2.56. The minimum absolute atomic E-state index is 0.126. The van der Waals surface area contributed by atoms with E-state index in [1.54, 1.807) is 60.7 Å². The fraction of sp³-hybridized carbons (Fsp3) is 0.0769. The SMILES string of the molecule is Cc1ccc(S(=O)(=O)NC(c2cccc(Br)c2)P(=O)(c2ccccc2)c2ccccc2)cc1. The highest BCUT2D eigenvalue weighted by atomic mass is 79.9. The average molecular weight is 540 g/mol. The zero-order valence-corrected chi connectivity index (χ0v) is 21.2. The molecule has 168 valence electrons. The average Bonchev–Trinajstić information content (AvgIpc) is 2.83. The molecule has 0 bridgehead atoms. The third kappa shape index (κ3) is 5.04. The molecule has 0 aromatic heterocycles. The van der Waals surface area contributed by atoms with Crippen LogP contribution in [0.1, 0.15) is 16.9 Å². The summed E-state index contributed by atoms with van der Waals surface area (Å²) in [5, 5.41) is 1.15. The molecule has 0 saturated heterocycles. The van der Waals surface area contributed by atoms with Crippen molar-refractivity contribution in [3.63, 3.8) is 0 Å². The Morgan fingerprint density at radius 3 is 1.82 bits per heavy atom. The maximum absolute atomic E-state index is 15.0. The summed E-state index contributed by atoms with van der Waals surface area (Å²) in [7, 11) is -7.49. The minimum Gasteiger partial charge on any atom is -0.312 e. The van der Waals surface area contributed by atoms with Gasteiger partial charge in [0.2, 0.25) is 10.0 Å². The molecule has 0 fully saturated rings. The van der Waals surface area contributed by atoms with Gasteiger partial charge in [0.15, 0.2) is 7.14 Å². The van der Waals surface area contributed by atoms with Gasteiger partial charge in [-0.1, -0.05) is 106 Å². The third-order valence-corrected chi connectivity index (χ3v) is 10.8. The number of aryl methyl sites for hydroxylation is 1. The molecule has 1 unspecified atom stereocenters. The van der Waals surface area contributed by atoms with Crippen LogP contribution in [0.4, 0.5) is 0 Å². The van der Waals surface area contributed by atoms with Gasteiger partial charge in [0, 0.05) is 15.1 Å². The first kappa shape index (κ1) is 23.7. The van der Waals surface area contributed by atoms with Gasteiger partial charge in [0.25, 0.3) is 0 Å². The van der Waals surface area contributed by atoms with Crippen LogP contribution in [0.25, 0.3) is 0 Å². The Labute approximate surface area is 203 Å². The summed E-state index contributed by atoms with van der Waals surface area (Å²) >= 11 is 3.48. The van der Waals surface area contributed by atoms with E-state index in [-0.39, 0.29) is 4.90 Å². The molecule has 4 nitrogen and oxygen atoms in total. The zero-order valence-electron chi connectivity index (χ0n) is 17.9. The fourth-order valence-corrected chi connectivity index (χ4v) is 8.90. The van der Waals surface area contributed by atoms with Crippen LogP contribution in [-0.2, 0) is 14.6 Å². The molecule has 0 aliphatic rings. The molecule has 33 heavy (non-hydrogen) atoms. The molecule has 4 aromatic rings. The van der Waals surface area contributed by atoms with Gasteiger partial charge in [-0.25, -0.2) is 8.42 Å². The van der Waals surface area contributed by atoms with E-state index in [1.165, 1.54) is 0 Å². The first-order valence-corrected chi connectivity index (χ1v) is 14.4. The van der Waals surface area contributed by atoms with Gasteiger partial charge < -0.3 is 4.57 Å².